The van der Waals surface area contributed by atoms with E-state index >= 15 is 0 Å². The first-order valence-electron chi connectivity index (χ1n) is 9.59. The number of aliphatic carboxylic acids is 1. The van der Waals surface area contributed by atoms with Gasteiger partial charge < -0.3 is 10.4 Å². The quantitative estimate of drug-likeness (QED) is 0.684. The third kappa shape index (κ3) is 3.88. The molecule has 2 aromatic carbocycles. The van der Waals surface area contributed by atoms with E-state index in [1.54, 1.807) is 6.20 Å². The number of carboxylic acid groups (broad SMARTS) is 1. The summed E-state index contributed by atoms with van der Waals surface area (Å²) in [5.41, 5.74) is 3.33. The Hall–Kier alpha value is -3.21. The fraction of sp³-hybridized carbons (Fsp3) is 0.261. The van der Waals surface area contributed by atoms with Crippen molar-refractivity contribution >= 4 is 28.5 Å². The second-order valence-corrected chi connectivity index (χ2v) is 7.38. The van der Waals surface area contributed by atoms with Crippen LogP contribution in [0.2, 0.25) is 0 Å². The molecule has 0 unspecified atom stereocenters. The molecule has 2 N–H and O–H groups in total. The number of carbonyl (C=O) groups excluding carboxylic acids is 1. The van der Waals surface area contributed by atoms with Gasteiger partial charge in [0.25, 0.3) is 5.91 Å². The molecule has 0 bridgehead atoms. The molecule has 0 aliphatic heterocycles. The Morgan fingerprint density at radius 2 is 1.68 bits per heavy atom. The number of carbonyl (C=O) groups is 2. The predicted octanol–water partition coefficient (Wildman–Crippen LogP) is 4.85. The minimum Gasteiger partial charge on any atom is -0.481 e. The van der Waals surface area contributed by atoms with Gasteiger partial charge in [-0.25, -0.2) is 0 Å². The summed E-state index contributed by atoms with van der Waals surface area (Å²) in [6, 6.07) is 17.4. The predicted molar refractivity (Wildman–Crippen MR) is 108 cm³/mol. The number of para-hydroxylation sites is 1. The molecule has 142 valence electrons. The van der Waals surface area contributed by atoms with Crippen molar-refractivity contribution in [3.05, 3.63) is 71.9 Å². The van der Waals surface area contributed by atoms with Crippen LogP contribution in [0, 0.1) is 5.92 Å². The summed E-state index contributed by atoms with van der Waals surface area (Å²) in [5.74, 6) is -0.678. The monoisotopic (exact) mass is 374 g/mol. The molecule has 1 aliphatic carbocycles. The Bertz CT molecular complexity index is 1010. The molecule has 5 heteroatoms. The van der Waals surface area contributed by atoms with Crippen molar-refractivity contribution in [3.8, 4) is 0 Å². The third-order valence-electron chi connectivity index (χ3n) is 5.57. The van der Waals surface area contributed by atoms with Crippen molar-refractivity contribution in [3.63, 3.8) is 0 Å². The van der Waals surface area contributed by atoms with Crippen LogP contribution in [0.5, 0.6) is 0 Å². The van der Waals surface area contributed by atoms with Gasteiger partial charge in [-0.3, -0.25) is 14.6 Å². The van der Waals surface area contributed by atoms with Gasteiger partial charge in [0.2, 0.25) is 0 Å². The number of fused-ring (bicyclic) bond motifs is 1. The first-order chi connectivity index (χ1) is 13.6. The average molecular weight is 374 g/mol. The molecule has 1 amide bonds. The number of rotatable bonds is 4. The highest BCUT2D eigenvalue weighted by Crippen LogP contribution is 2.36. The fourth-order valence-corrected chi connectivity index (χ4v) is 3.91. The Balaban J connectivity index is 1.41. The molecule has 1 saturated carbocycles. The molecule has 1 aromatic heterocycles. The zero-order chi connectivity index (χ0) is 19.5. The summed E-state index contributed by atoms with van der Waals surface area (Å²) in [4.78, 5) is 28.0. The van der Waals surface area contributed by atoms with Crippen molar-refractivity contribution in [2.45, 2.75) is 31.6 Å². The number of hydrogen-bond donors (Lipinski definition) is 2. The van der Waals surface area contributed by atoms with E-state index in [9.17, 15) is 9.59 Å². The van der Waals surface area contributed by atoms with Crippen molar-refractivity contribution in [2.24, 2.45) is 5.92 Å². The van der Waals surface area contributed by atoms with Crippen LogP contribution < -0.4 is 5.32 Å². The Labute approximate surface area is 163 Å². The van der Waals surface area contributed by atoms with Gasteiger partial charge in [-0.1, -0.05) is 30.3 Å². The summed E-state index contributed by atoms with van der Waals surface area (Å²) < 4.78 is 0. The zero-order valence-corrected chi connectivity index (χ0v) is 15.5. The van der Waals surface area contributed by atoms with Gasteiger partial charge in [0.05, 0.1) is 17.0 Å². The van der Waals surface area contributed by atoms with Crippen molar-refractivity contribution in [1.29, 1.82) is 0 Å². The van der Waals surface area contributed by atoms with E-state index < -0.39 is 5.97 Å². The molecule has 0 spiro atoms. The van der Waals surface area contributed by atoms with Crippen LogP contribution in [-0.2, 0) is 4.79 Å². The third-order valence-corrected chi connectivity index (χ3v) is 5.57. The van der Waals surface area contributed by atoms with E-state index in [1.807, 2.05) is 54.6 Å². The minimum atomic E-state index is -0.681. The molecule has 0 saturated heterocycles. The average Bonchev–Trinajstić information content (AvgIpc) is 2.74. The lowest BCUT2D eigenvalue weighted by molar-refractivity contribution is -0.142. The van der Waals surface area contributed by atoms with Crippen molar-refractivity contribution in [2.75, 3.05) is 5.32 Å². The first kappa shape index (κ1) is 18.2. The molecule has 0 radical (unpaired) electrons. The zero-order valence-electron chi connectivity index (χ0n) is 15.5. The minimum absolute atomic E-state index is 0.187. The largest absolute Gasteiger partial charge is 0.481 e. The molecule has 1 fully saturated rings. The molecule has 4 rings (SSSR count). The normalized spacial score (nSPS) is 19.3. The number of pyridine rings is 1. The molecule has 3 aromatic rings. The van der Waals surface area contributed by atoms with Gasteiger partial charge in [0, 0.05) is 17.3 Å². The number of benzene rings is 2. The summed E-state index contributed by atoms with van der Waals surface area (Å²) in [6.07, 6.45) is 4.84. The van der Waals surface area contributed by atoms with Gasteiger partial charge in [0.15, 0.2) is 0 Å². The van der Waals surface area contributed by atoms with Gasteiger partial charge >= 0.3 is 5.97 Å². The van der Waals surface area contributed by atoms with E-state index in [0.29, 0.717) is 11.5 Å². The first-order valence-corrected chi connectivity index (χ1v) is 9.59. The number of carboxylic acids is 1. The van der Waals surface area contributed by atoms with Gasteiger partial charge in [-0.15, -0.1) is 0 Å². The maximum absolute atomic E-state index is 12.5. The standard InChI is InChI=1S/C23H22N2O3/c26-22(19-13-18-3-1-2-4-21(18)24-14-19)25-20-11-9-16(10-12-20)15-5-7-17(8-6-15)23(27)28/h1-4,9-15,17H,5-8H2,(H,25,26)(H,27,28)/t15-,17-. The van der Waals surface area contributed by atoms with Crippen LogP contribution in [0.25, 0.3) is 10.9 Å². The van der Waals surface area contributed by atoms with Crippen LogP contribution in [0.4, 0.5) is 5.69 Å². The Morgan fingerprint density at radius 3 is 2.39 bits per heavy atom. The summed E-state index contributed by atoms with van der Waals surface area (Å²) in [7, 11) is 0. The molecule has 5 nitrogen and oxygen atoms in total. The molecule has 0 atom stereocenters. The highest BCUT2D eigenvalue weighted by molar-refractivity contribution is 6.05. The lowest BCUT2D eigenvalue weighted by Crippen LogP contribution is -2.20. The number of aromatic nitrogens is 1. The summed E-state index contributed by atoms with van der Waals surface area (Å²) in [6.45, 7) is 0. The van der Waals surface area contributed by atoms with Crippen LogP contribution >= 0.6 is 0 Å². The van der Waals surface area contributed by atoms with Crippen LogP contribution in [0.3, 0.4) is 0 Å². The van der Waals surface area contributed by atoms with Crippen molar-refractivity contribution < 1.29 is 14.7 Å². The Kier molecular flexibility index (Phi) is 5.06. The lowest BCUT2D eigenvalue weighted by atomic mass is 9.79. The molecular weight excluding hydrogens is 352 g/mol. The smallest absolute Gasteiger partial charge is 0.306 e. The molecular formula is C23H22N2O3. The highest BCUT2D eigenvalue weighted by Gasteiger charge is 2.26. The fourth-order valence-electron chi connectivity index (χ4n) is 3.91. The van der Waals surface area contributed by atoms with E-state index in [1.165, 1.54) is 5.56 Å². The summed E-state index contributed by atoms with van der Waals surface area (Å²) in [5, 5.41) is 13.0. The highest BCUT2D eigenvalue weighted by atomic mass is 16.4. The van der Waals surface area contributed by atoms with Crippen LogP contribution in [-0.4, -0.2) is 22.0 Å². The Morgan fingerprint density at radius 1 is 0.964 bits per heavy atom. The van der Waals surface area contributed by atoms with Crippen LogP contribution in [0.1, 0.15) is 47.5 Å². The maximum Gasteiger partial charge on any atom is 0.306 e. The molecule has 1 heterocycles. The van der Waals surface area contributed by atoms with E-state index in [0.717, 1.165) is 42.3 Å². The molecule has 28 heavy (non-hydrogen) atoms. The number of anilines is 1. The van der Waals surface area contributed by atoms with Gasteiger partial charge in [-0.2, -0.15) is 0 Å². The summed E-state index contributed by atoms with van der Waals surface area (Å²) >= 11 is 0. The number of amides is 1. The molecule has 1 aliphatic rings. The second-order valence-electron chi connectivity index (χ2n) is 7.38. The second kappa shape index (κ2) is 7.80. The lowest BCUT2D eigenvalue weighted by Gasteiger charge is -2.26. The maximum atomic E-state index is 12.5. The number of hydrogen-bond acceptors (Lipinski definition) is 3. The number of nitrogens with zero attached hydrogens (tertiary/aromatic N) is 1. The SMILES string of the molecule is O=C(Nc1ccc([C@H]2CC[C@H](C(=O)O)CC2)cc1)c1cnc2ccccc2c1. The topological polar surface area (TPSA) is 79.3 Å². The van der Waals surface area contributed by atoms with E-state index in [-0.39, 0.29) is 11.8 Å². The van der Waals surface area contributed by atoms with Gasteiger partial charge in [0.1, 0.15) is 0 Å². The van der Waals surface area contributed by atoms with Gasteiger partial charge in [-0.05, 0) is 61.4 Å². The van der Waals surface area contributed by atoms with E-state index in [2.05, 4.69) is 10.3 Å². The van der Waals surface area contributed by atoms with E-state index in [4.69, 9.17) is 5.11 Å². The number of nitrogens with one attached hydrogen (secondary N) is 1. The van der Waals surface area contributed by atoms with Crippen molar-refractivity contribution in [1.82, 2.24) is 4.98 Å². The van der Waals surface area contributed by atoms with Crippen LogP contribution in [0.15, 0.2) is 60.8 Å².